The number of epoxide rings is 1. The van der Waals surface area contributed by atoms with Crippen LogP contribution in [-0.4, -0.2) is 11.6 Å². The first-order valence-electron chi connectivity index (χ1n) is 4.40. The zero-order valence-corrected chi connectivity index (χ0v) is 7.10. The Morgan fingerprint density at radius 3 is 3.08 bits per heavy atom. The Bertz CT molecular complexity index is 449. The molecule has 3 rings (SSSR count). The van der Waals surface area contributed by atoms with E-state index in [1.54, 1.807) is 0 Å². The van der Waals surface area contributed by atoms with Gasteiger partial charge in [-0.15, -0.1) is 0 Å². The summed E-state index contributed by atoms with van der Waals surface area (Å²) in [5, 5.41) is 1.19. The largest absolute Gasteiger partial charge is 0.368 e. The molecule has 1 aliphatic rings. The molecule has 1 aromatic carbocycles. The Hall–Kier alpha value is -1.41. The van der Waals surface area contributed by atoms with Crippen molar-refractivity contribution in [1.82, 2.24) is 4.98 Å². The molecule has 1 aliphatic heterocycles. The summed E-state index contributed by atoms with van der Waals surface area (Å²) < 4.78 is 5.22. The maximum atomic E-state index is 5.22. The van der Waals surface area contributed by atoms with Gasteiger partial charge in [0.25, 0.3) is 0 Å². The fourth-order valence-corrected chi connectivity index (χ4v) is 1.53. The highest BCUT2D eigenvalue weighted by molar-refractivity contribution is 5.79. The molecule has 0 aliphatic carbocycles. The van der Waals surface area contributed by atoms with Gasteiger partial charge in [0.1, 0.15) is 6.10 Å². The molecule has 64 valence electrons. The molecule has 0 amide bonds. The fraction of sp³-hybridized carbons (Fsp3) is 0.182. The molecule has 0 radical (unpaired) electrons. The highest BCUT2D eigenvalue weighted by atomic mass is 16.6. The van der Waals surface area contributed by atoms with E-state index in [1.165, 1.54) is 10.9 Å². The van der Waals surface area contributed by atoms with Crippen LogP contribution in [0.2, 0.25) is 0 Å². The molecule has 2 heteroatoms. The van der Waals surface area contributed by atoms with Crippen molar-refractivity contribution in [2.24, 2.45) is 0 Å². The molecule has 1 saturated heterocycles. The minimum Gasteiger partial charge on any atom is -0.368 e. The van der Waals surface area contributed by atoms with Crippen LogP contribution in [0.4, 0.5) is 0 Å². The summed E-state index contributed by atoms with van der Waals surface area (Å²) in [6.07, 6.45) is 2.15. The van der Waals surface area contributed by atoms with E-state index in [0.717, 1.165) is 12.1 Å². The summed E-state index contributed by atoms with van der Waals surface area (Å²) in [5.74, 6) is 0. The Kier molecular flexibility index (Phi) is 1.37. The van der Waals surface area contributed by atoms with Crippen molar-refractivity contribution in [1.29, 1.82) is 0 Å². The van der Waals surface area contributed by atoms with Crippen molar-refractivity contribution >= 4 is 10.9 Å². The molecule has 0 bridgehead atoms. The van der Waals surface area contributed by atoms with Crippen LogP contribution in [-0.2, 0) is 4.74 Å². The Morgan fingerprint density at radius 2 is 2.23 bits per heavy atom. The zero-order chi connectivity index (χ0) is 8.67. The van der Waals surface area contributed by atoms with Crippen molar-refractivity contribution < 1.29 is 4.74 Å². The van der Waals surface area contributed by atoms with Gasteiger partial charge in [0.15, 0.2) is 0 Å². The lowest BCUT2D eigenvalue weighted by atomic mass is 10.1. The summed E-state index contributed by atoms with van der Waals surface area (Å²) in [5.41, 5.74) is 2.31. The Labute approximate surface area is 76.2 Å². The van der Waals surface area contributed by atoms with Crippen LogP contribution >= 0.6 is 0 Å². The maximum absolute atomic E-state index is 5.22. The van der Waals surface area contributed by atoms with Gasteiger partial charge in [-0.1, -0.05) is 12.1 Å². The second-order valence-electron chi connectivity index (χ2n) is 3.28. The molecule has 2 aromatic rings. The third-order valence-corrected chi connectivity index (χ3v) is 2.33. The smallest absolute Gasteiger partial charge is 0.106 e. The number of nitrogens with zero attached hydrogens (tertiary/aromatic N) is 1. The molecule has 13 heavy (non-hydrogen) atoms. The average molecular weight is 171 g/mol. The summed E-state index contributed by atoms with van der Waals surface area (Å²) in [6.45, 7) is 0.867. The fourth-order valence-electron chi connectivity index (χ4n) is 1.53. The topological polar surface area (TPSA) is 25.4 Å². The monoisotopic (exact) mass is 171 g/mol. The second kappa shape index (κ2) is 2.54. The SMILES string of the molecule is c1cnc2ccc([C@H]3CO3)cc2c1. The first-order valence-corrected chi connectivity index (χ1v) is 4.40. The standard InChI is InChI=1S/C11H9NO/c1-2-8-6-9(11-7-13-11)3-4-10(8)12-5-1/h1-6,11H,7H2/t11-/m1/s1. The third kappa shape index (κ3) is 1.19. The molecule has 2 nitrogen and oxygen atoms in total. The molecule has 1 aromatic heterocycles. The van der Waals surface area contributed by atoms with Crippen molar-refractivity contribution in [2.75, 3.05) is 6.61 Å². The van der Waals surface area contributed by atoms with Crippen molar-refractivity contribution in [3.05, 3.63) is 42.1 Å². The lowest BCUT2D eigenvalue weighted by Crippen LogP contribution is -1.82. The number of hydrogen-bond donors (Lipinski definition) is 0. The minimum atomic E-state index is 0.338. The van der Waals surface area contributed by atoms with Crippen LogP contribution in [0.1, 0.15) is 11.7 Å². The van der Waals surface area contributed by atoms with E-state index < -0.39 is 0 Å². The number of ether oxygens (including phenoxy) is 1. The van der Waals surface area contributed by atoms with Gasteiger partial charge in [-0.25, -0.2) is 0 Å². The number of pyridine rings is 1. The van der Waals surface area contributed by atoms with E-state index in [0.29, 0.717) is 6.10 Å². The number of benzene rings is 1. The molecule has 0 spiro atoms. The summed E-state index contributed by atoms with van der Waals surface area (Å²) in [6, 6.07) is 10.3. The van der Waals surface area contributed by atoms with Gasteiger partial charge < -0.3 is 4.74 Å². The first kappa shape index (κ1) is 7.04. The molecule has 0 saturated carbocycles. The van der Waals surface area contributed by atoms with Gasteiger partial charge in [-0.3, -0.25) is 4.98 Å². The van der Waals surface area contributed by atoms with Crippen LogP contribution in [0.15, 0.2) is 36.5 Å². The quantitative estimate of drug-likeness (QED) is 0.615. The van der Waals surface area contributed by atoms with Crippen LogP contribution < -0.4 is 0 Å². The van der Waals surface area contributed by atoms with Gasteiger partial charge in [0.2, 0.25) is 0 Å². The van der Waals surface area contributed by atoms with Gasteiger partial charge >= 0.3 is 0 Å². The Morgan fingerprint density at radius 1 is 1.31 bits per heavy atom. The number of fused-ring (bicyclic) bond motifs is 1. The van der Waals surface area contributed by atoms with Gasteiger partial charge in [0, 0.05) is 11.6 Å². The van der Waals surface area contributed by atoms with E-state index in [9.17, 15) is 0 Å². The third-order valence-electron chi connectivity index (χ3n) is 2.33. The molecular formula is C11H9NO. The molecule has 2 heterocycles. The first-order chi connectivity index (χ1) is 6.43. The lowest BCUT2D eigenvalue weighted by molar-refractivity contribution is 0.416. The maximum Gasteiger partial charge on any atom is 0.106 e. The van der Waals surface area contributed by atoms with Crippen LogP contribution in [0.3, 0.4) is 0 Å². The predicted octanol–water partition coefficient (Wildman–Crippen LogP) is 2.31. The Balaban J connectivity index is 2.21. The number of rotatable bonds is 1. The van der Waals surface area contributed by atoms with Crippen molar-refractivity contribution in [3.63, 3.8) is 0 Å². The van der Waals surface area contributed by atoms with E-state index in [4.69, 9.17) is 4.74 Å². The van der Waals surface area contributed by atoms with Crippen molar-refractivity contribution in [3.8, 4) is 0 Å². The molecule has 1 atom stereocenters. The van der Waals surface area contributed by atoms with Crippen LogP contribution in [0.25, 0.3) is 10.9 Å². The molecular weight excluding hydrogens is 162 g/mol. The lowest BCUT2D eigenvalue weighted by Gasteiger charge is -1.98. The highest BCUT2D eigenvalue weighted by Crippen LogP contribution is 2.31. The van der Waals surface area contributed by atoms with E-state index >= 15 is 0 Å². The number of hydrogen-bond acceptors (Lipinski definition) is 2. The van der Waals surface area contributed by atoms with Gasteiger partial charge in [-0.2, -0.15) is 0 Å². The van der Waals surface area contributed by atoms with Crippen LogP contribution in [0.5, 0.6) is 0 Å². The molecule has 1 fully saturated rings. The molecule has 0 N–H and O–H groups in total. The van der Waals surface area contributed by atoms with Gasteiger partial charge in [-0.05, 0) is 23.8 Å². The highest BCUT2D eigenvalue weighted by Gasteiger charge is 2.24. The van der Waals surface area contributed by atoms with E-state index in [2.05, 4.69) is 23.2 Å². The van der Waals surface area contributed by atoms with E-state index in [-0.39, 0.29) is 0 Å². The summed E-state index contributed by atoms with van der Waals surface area (Å²) in [4.78, 5) is 4.26. The predicted molar refractivity (Wildman–Crippen MR) is 50.4 cm³/mol. The normalized spacial score (nSPS) is 20.5. The number of aromatic nitrogens is 1. The minimum absolute atomic E-state index is 0.338. The zero-order valence-electron chi connectivity index (χ0n) is 7.10. The van der Waals surface area contributed by atoms with Crippen LogP contribution in [0, 0.1) is 0 Å². The van der Waals surface area contributed by atoms with Gasteiger partial charge in [0.05, 0.1) is 12.1 Å². The molecule has 0 unspecified atom stereocenters. The second-order valence-corrected chi connectivity index (χ2v) is 3.28. The summed E-state index contributed by atoms with van der Waals surface area (Å²) >= 11 is 0. The summed E-state index contributed by atoms with van der Waals surface area (Å²) in [7, 11) is 0. The van der Waals surface area contributed by atoms with E-state index in [1.807, 2.05) is 18.3 Å². The average Bonchev–Trinajstić information content (AvgIpc) is 3.00. The van der Waals surface area contributed by atoms with Crippen molar-refractivity contribution in [2.45, 2.75) is 6.10 Å².